The molecule has 1 amide bonds. The lowest BCUT2D eigenvalue weighted by molar-refractivity contribution is -0.116. The maximum atomic E-state index is 11.5. The van der Waals surface area contributed by atoms with Crippen LogP contribution in [0, 0.1) is 0 Å². The molecule has 94 valence electrons. The lowest BCUT2D eigenvalue weighted by Crippen LogP contribution is -2.18. The summed E-state index contributed by atoms with van der Waals surface area (Å²) in [6.45, 7) is 0.668. The number of anilines is 1. The zero-order valence-corrected chi connectivity index (χ0v) is 10.1. The highest BCUT2D eigenvalue weighted by atomic mass is 16.1. The molecule has 2 rings (SSSR count). The van der Waals surface area contributed by atoms with Crippen LogP contribution in [0.2, 0.25) is 0 Å². The minimum absolute atomic E-state index is 0.00526. The molecule has 2 aromatic rings. The predicted molar refractivity (Wildman–Crippen MR) is 68.5 cm³/mol. The van der Waals surface area contributed by atoms with Gasteiger partial charge in [-0.3, -0.25) is 4.79 Å². The molecule has 2 N–H and O–H groups in total. The minimum atomic E-state index is -0.00526. The van der Waals surface area contributed by atoms with E-state index in [9.17, 15) is 4.79 Å². The van der Waals surface area contributed by atoms with Crippen molar-refractivity contribution in [3.8, 4) is 5.69 Å². The van der Waals surface area contributed by atoms with Gasteiger partial charge in [-0.1, -0.05) is 0 Å². The van der Waals surface area contributed by atoms with E-state index in [-0.39, 0.29) is 5.91 Å². The van der Waals surface area contributed by atoms with E-state index in [2.05, 4.69) is 20.8 Å². The average molecular weight is 245 g/mol. The van der Waals surface area contributed by atoms with Crippen molar-refractivity contribution in [2.45, 2.75) is 6.42 Å². The number of nitrogens with one attached hydrogen (secondary N) is 2. The standard InChI is InChI=1S/C12H15N5O/c1-13-7-6-12(18)16-10-2-4-11(5-3-10)17-14-8-9-15-17/h2-5,8-9,13H,6-7H2,1H3,(H,16,18). The summed E-state index contributed by atoms with van der Waals surface area (Å²) < 4.78 is 0. The molecule has 0 bridgehead atoms. The topological polar surface area (TPSA) is 71.8 Å². The zero-order valence-electron chi connectivity index (χ0n) is 10.1. The van der Waals surface area contributed by atoms with Gasteiger partial charge in [0.05, 0.1) is 18.1 Å². The van der Waals surface area contributed by atoms with Gasteiger partial charge in [0.25, 0.3) is 0 Å². The number of carbonyl (C=O) groups excluding carboxylic acids is 1. The summed E-state index contributed by atoms with van der Waals surface area (Å²) in [5, 5.41) is 13.8. The van der Waals surface area contributed by atoms with Gasteiger partial charge >= 0.3 is 0 Å². The molecule has 18 heavy (non-hydrogen) atoms. The summed E-state index contributed by atoms with van der Waals surface area (Å²) in [5.74, 6) is -0.00526. The molecule has 1 aromatic carbocycles. The van der Waals surface area contributed by atoms with E-state index in [1.54, 1.807) is 12.4 Å². The van der Waals surface area contributed by atoms with Crippen LogP contribution in [0.15, 0.2) is 36.7 Å². The molecular weight excluding hydrogens is 230 g/mol. The highest BCUT2D eigenvalue weighted by Gasteiger charge is 2.02. The van der Waals surface area contributed by atoms with Crippen molar-refractivity contribution in [3.05, 3.63) is 36.7 Å². The van der Waals surface area contributed by atoms with E-state index in [1.807, 2.05) is 31.3 Å². The van der Waals surface area contributed by atoms with Gasteiger partial charge in [0, 0.05) is 18.7 Å². The van der Waals surface area contributed by atoms with Gasteiger partial charge in [0.1, 0.15) is 0 Å². The van der Waals surface area contributed by atoms with Gasteiger partial charge in [0.15, 0.2) is 0 Å². The van der Waals surface area contributed by atoms with Crippen molar-refractivity contribution in [2.24, 2.45) is 0 Å². The van der Waals surface area contributed by atoms with Crippen LogP contribution < -0.4 is 10.6 Å². The number of carbonyl (C=O) groups is 1. The number of nitrogens with zero attached hydrogens (tertiary/aromatic N) is 3. The number of hydrogen-bond donors (Lipinski definition) is 2. The first-order chi connectivity index (χ1) is 8.79. The third-order valence-corrected chi connectivity index (χ3v) is 2.40. The largest absolute Gasteiger partial charge is 0.326 e. The smallest absolute Gasteiger partial charge is 0.225 e. The highest BCUT2D eigenvalue weighted by molar-refractivity contribution is 5.90. The molecule has 6 heteroatoms. The third-order valence-electron chi connectivity index (χ3n) is 2.40. The molecular formula is C12H15N5O. The number of amides is 1. The Balaban J connectivity index is 1.98. The Labute approximate surface area is 105 Å². The van der Waals surface area contributed by atoms with Crippen LogP contribution in [0.4, 0.5) is 5.69 Å². The summed E-state index contributed by atoms with van der Waals surface area (Å²) in [7, 11) is 1.82. The Morgan fingerprint density at radius 2 is 1.89 bits per heavy atom. The third kappa shape index (κ3) is 3.14. The van der Waals surface area contributed by atoms with Crippen molar-refractivity contribution >= 4 is 11.6 Å². The zero-order chi connectivity index (χ0) is 12.8. The van der Waals surface area contributed by atoms with Gasteiger partial charge in [-0.05, 0) is 31.3 Å². The first-order valence-corrected chi connectivity index (χ1v) is 5.71. The van der Waals surface area contributed by atoms with Crippen LogP contribution in [0.1, 0.15) is 6.42 Å². The van der Waals surface area contributed by atoms with Gasteiger partial charge in [0.2, 0.25) is 5.91 Å². The second-order valence-corrected chi connectivity index (χ2v) is 3.77. The number of rotatable bonds is 5. The molecule has 0 aliphatic carbocycles. The van der Waals surface area contributed by atoms with Crippen LogP contribution >= 0.6 is 0 Å². The fraction of sp³-hybridized carbons (Fsp3) is 0.250. The SMILES string of the molecule is CNCCC(=O)Nc1ccc(-n2nccn2)cc1. The Kier molecular flexibility index (Phi) is 4.03. The summed E-state index contributed by atoms with van der Waals surface area (Å²) in [6.07, 6.45) is 3.69. The number of hydrogen-bond acceptors (Lipinski definition) is 4. The van der Waals surface area contributed by atoms with Crippen LogP contribution in [-0.4, -0.2) is 34.5 Å². The second-order valence-electron chi connectivity index (χ2n) is 3.77. The van der Waals surface area contributed by atoms with Crippen LogP contribution in [0.3, 0.4) is 0 Å². The molecule has 0 aliphatic rings. The average Bonchev–Trinajstić information content (AvgIpc) is 2.91. The fourth-order valence-corrected chi connectivity index (χ4v) is 1.49. The number of aromatic nitrogens is 3. The molecule has 0 saturated heterocycles. The molecule has 0 aliphatic heterocycles. The Morgan fingerprint density at radius 1 is 1.22 bits per heavy atom. The van der Waals surface area contributed by atoms with E-state index >= 15 is 0 Å². The van der Waals surface area contributed by atoms with Gasteiger partial charge in [-0.25, -0.2) is 0 Å². The van der Waals surface area contributed by atoms with E-state index in [0.717, 1.165) is 11.4 Å². The van der Waals surface area contributed by atoms with Gasteiger partial charge < -0.3 is 10.6 Å². The van der Waals surface area contributed by atoms with Crippen molar-refractivity contribution < 1.29 is 4.79 Å². The van der Waals surface area contributed by atoms with Gasteiger partial charge in [-0.2, -0.15) is 15.0 Å². The molecule has 0 fully saturated rings. The van der Waals surface area contributed by atoms with Gasteiger partial charge in [-0.15, -0.1) is 0 Å². The van der Waals surface area contributed by atoms with Crippen molar-refractivity contribution in [1.82, 2.24) is 20.3 Å². The van der Waals surface area contributed by atoms with Crippen molar-refractivity contribution in [1.29, 1.82) is 0 Å². The Hall–Kier alpha value is -2.21. The van der Waals surface area contributed by atoms with Crippen LogP contribution in [-0.2, 0) is 4.79 Å². The molecule has 0 atom stereocenters. The summed E-state index contributed by atoms with van der Waals surface area (Å²) in [5.41, 5.74) is 1.63. The summed E-state index contributed by atoms with van der Waals surface area (Å²) in [6, 6.07) is 7.37. The normalized spacial score (nSPS) is 10.3. The molecule has 6 nitrogen and oxygen atoms in total. The monoisotopic (exact) mass is 245 g/mol. The molecule has 1 heterocycles. The second kappa shape index (κ2) is 5.92. The van der Waals surface area contributed by atoms with E-state index in [1.165, 1.54) is 4.80 Å². The number of benzene rings is 1. The Bertz CT molecular complexity index is 492. The van der Waals surface area contributed by atoms with Crippen molar-refractivity contribution in [2.75, 3.05) is 18.9 Å². The summed E-state index contributed by atoms with van der Waals surface area (Å²) in [4.78, 5) is 13.0. The molecule has 0 unspecified atom stereocenters. The molecule has 0 spiro atoms. The highest BCUT2D eigenvalue weighted by Crippen LogP contribution is 2.11. The first kappa shape index (κ1) is 12.3. The lowest BCUT2D eigenvalue weighted by Gasteiger charge is -2.06. The molecule has 1 aromatic heterocycles. The summed E-state index contributed by atoms with van der Waals surface area (Å²) >= 11 is 0. The van der Waals surface area contributed by atoms with E-state index in [0.29, 0.717) is 13.0 Å². The maximum Gasteiger partial charge on any atom is 0.225 e. The van der Waals surface area contributed by atoms with Crippen molar-refractivity contribution in [3.63, 3.8) is 0 Å². The Morgan fingerprint density at radius 3 is 2.50 bits per heavy atom. The lowest BCUT2D eigenvalue weighted by atomic mass is 10.2. The van der Waals surface area contributed by atoms with Crippen LogP contribution in [0.25, 0.3) is 5.69 Å². The minimum Gasteiger partial charge on any atom is -0.326 e. The van der Waals surface area contributed by atoms with Crippen LogP contribution in [0.5, 0.6) is 0 Å². The molecule has 0 saturated carbocycles. The predicted octanol–water partition coefficient (Wildman–Crippen LogP) is 0.815. The maximum absolute atomic E-state index is 11.5. The fourth-order valence-electron chi connectivity index (χ4n) is 1.49. The molecule has 0 radical (unpaired) electrons. The first-order valence-electron chi connectivity index (χ1n) is 5.71. The quantitative estimate of drug-likeness (QED) is 0.818. The van der Waals surface area contributed by atoms with E-state index in [4.69, 9.17) is 0 Å². The van der Waals surface area contributed by atoms with E-state index < -0.39 is 0 Å².